The zero-order valence-electron chi connectivity index (χ0n) is 5.70. The van der Waals surface area contributed by atoms with E-state index in [2.05, 4.69) is 0 Å². The summed E-state index contributed by atoms with van der Waals surface area (Å²) in [7, 11) is 0. The Hall–Kier alpha value is -1.09. The van der Waals surface area contributed by atoms with Crippen molar-refractivity contribution >= 4 is 23.4 Å². The van der Waals surface area contributed by atoms with Crippen molar-refractivity contribution in [3.8, 4) is 0 Å². The summed E-state index contributed by atoms with van der Waals surface area (Å²) in [6.45, 7) is 0. The van der Waals surface area contributed by atoms with Crippen LogP contribution in [-0.4, -0.2) is 11.1 Å². The molecule has 0 fully saturated rings. The summed E-state index contributed by atoms with van der Waals surface area (Å²) < 4.78 is 0. The monoisotopic (exact) mass is 166 g/mol. The molecule has 0 amide bonds. The van der Waals surface area contributed by atoms with E-state index < -0.39 is 5.97 Å². The van der Waals surface area contributed by atoms with Crippen LogP contribution < -0.4 is 0 Å². The highest BCUT2D eigenvalue weighted by molar-refractivity contribution is 7.10. The van der Waals surface area contributed by atoms with Gasteiger partial charge in [-0.15, -0.1) is 11.3 Å². The Morgan fingerprint density at radius 3 is 3.18 bits per heavy atom. The Kier molecular flexibility index (Phi) is 1.32. The third kappa shape index (κ3) is 0.886. The molecule has 2 nitrogen and oxygen atoms in total. The molecule has 1 aliphatic carbocycles. The van der Waals surface area contributed by atoms with Gasteiger partial charge in [0.1, 0.15) is 0 Å². The molecule has 1 N–H and O–H groups in total. The Balaban J connectivity index is 2.58. The summed E-state index contributed by atoms with van der Waals surface area (Å²) >= 11 is 1.52. The van der Waals surface area contributed by atoms with Gasteiger partial charge in [0.15, 0.2) is 0 Å². The third-order valence-corrected chi connectivity index (χ3v) is 2.75. The minimum atomic E-state index is -0.825. The van der Waals surface area contributed by atoms with Crippen LogP contribution in [-0.2, 0) is 6.42 Å². The van der Waals surface area contributed by atoms with Gasteiger partial charge in [0.2, 0.25) is 0 Å². The predicted molar refractivity (Wildman–Crippen MR) is 44.0 cm³/mol. The van der Waals surface area contributed by atoms with Crippen molar-refractivity contribution in [1.82, 2.24) is 0 Å². The van der Waals surface area contributed by atoms with E-state index >= 15 is 0 Å². The van der Waals surface area contributed by atoms with Crippen molar-refractivity contribution in [3.05, 3.63) is 27.5 Å². The minimum Gasteiger partial charge on any atom is -0.478 e. The van der Waals surface area contributed by atoms with E-state index in [1.54, 1.807) is 5.38 Å². The van der Waals surface area contributed by atoms with Gasteiger partial charge in [-0.2, -0.15) is 0 Å². The quantitative estimate of drug-likeness (QED) is 0.693. The first-order chi connectivity index (χ1) is 5.29. The van der Waals surface area contributed by atoms with Crippen LogP contribution in [0.4, 0.5) is 0 Å². The highest BCUT2D eigenvalue weighted by Crippen LogP contribution is 2.29. The molecule has 2 rings (SSSR count). The molecule has 0 saturated heterocycles. The molecular formula is C8H6O2S. The van der Waals surface area contributed by atoms with Crippen LogP contribution in [0, 0.1) is 0 Å². The topological polar surface area (TPSA) is 37.3 Å². The Morgan fingerprint density at radius 1 is 1.64 bits per heavy atom. The molecule has 0 saturated carbocycles. The molecule has 56 valence electrons. The maximum absolute atomic E-state index is 10.6. The molecule has 11 heavy (non-hydrogen) atoms. The maximum atomic E-state index is 10.6. The Labute approximate surface area is 67.8 Å². The molecule has 0 aliphatic heterocycles. The van der Waals surface area contributed by atoms with E-state index in [4.69, 9.17) is 5.11 Å². The molecule has 0 bridgehead atoms. The molecule has 1 aromatic rings. The SMILES string of the molecule is O=C(O)c1csc2c1C=CC2. The molecular weight excluding hydrogens is 160 g/mol. The van der Waals surface area contributed by atoms with Crippen LogP contribution in [0.25, 0.3) is 6.08 Å². The van der Waals surface area contributed by atoms with Gasteiger partial charge in [0, 0.05) is 22.2 Å². The molecule has 0 spiro atoms. The van der Waals surface area contributed by atoms with Gasteiger partial charge in [-0.25, -0.2) is 4.79 Å². The molecule has 3 heteroatoms. The lowest BCUT2D eigenvalue weighted by Crippen LogP contribution is -1.95. The van der Waals surface area contributed by atoms with Crippen molar-refractivity contribution in [2.75, 3.05) is 0 Å². The summed E-state index contributed by atoms with van der Waals surface area (Å²) in [4.78, 5) is 11.8. The molecule has 0 atom stereocenters. The number of allylic oxidation sites excluding steroid dienone is 1. The van der Waals surface area contributed by atoms with Gasteiger partial charge in [0.25, 0.3) is 0 Å². The fourth-order valence-electron chi connectivity index (χ4n) is 1.20. The predicted octanol–water partition coefficient (Wildman–Crippen LogP) is 2.02. The first-order valence-electron chi connectivity index (χ1n) is 3.29. The number of fused-ring (bicyclic) bond motifs is 1. The van der Waals surface area contributed by atoms with E-state index in [1.165, 1.54) is 16.2 Å². The second kappa shape index (κ2) is 2.20. The molecule has 0 aromatic carbocycles. The highest BCUT2D eigenvalue weighted by Gasteiger charge is 2.16. The van der Waals surface area contributed by atoms with Crippen LogP contribution in [0.5, 0.6) is 0 Å². The summed E-state index contributed by atoms with van der Waals surface area (Å²) in [5, 5.41) is 10.4. The zero-order valence-corrected chi connectivity index (χ0v) is 6.52. The zero-order chi connectivity index (χ0) is 7.84. The van der Waals surface area contributed by atoms with Crippen molar-refractivity contribution in [2.45, 2.75) is 6.42 Å². The van der Waals surface area contributed by atoms with E-state index in [0.29, 0.717) is 5.56 Å². The van der Waals surface area contributed by atoms with Crippen LogP contribution in [0.2, 0.25) is 0 Å². The minimum absolute atomic E-state index is 0.443. The van der Waals surface area contributed by atoms with Crippen LogP contribution in [0.3, 0.4) is 0 Å². The lowest BCUT2D eigenvalue weighted by Gasteiger charge is -1.89. The largest absolute Gasteiger partial charge is 0.478 e. The second-order valence-corrected chi connectivity index (χ2v) is 3.36. The normalized spacial score (nSPS) is 13.5. The average Bonchev–Trinajstić information content (AvgIpc) is 2.41. The van der Waals surface area contributed by atoms with Crippen LogP contribution in [0.15, 0.2) is 11.5 Å². The smallest absolute Gasteiger partial charge is 0.337 e. The van der Waals surface area contributed by atoms with Gasteiger partial charge >= 0.3 is 5.97 Å². The molecule has 1 aromatic heterocycles. The fourth-order valence-corrected chi connectivity index (χ4v) is 2.18. The van der Waals surface area contributed by atoms with Gasteiger partial charge in [-0.05, 0) is 0 Å². The molecule has 1 heterocycles. The van der Waals surface area contributed by atoms with Crippen molar-refractivity contribution in [1.29, 1.82) is 0 Å². The number of rotatable bonds is 1. The standard InChI is InChI=1S/C8H6O2S/c9-8(10)6-4-11-7-3-1-2-5(6)7/h1-2,4H,3H2,(H,9,10). The third-order valence-electron chi connectivity index (χ3n) is 1.73. The number of carbonyl (C=O) groups is 1. The number of carboxylic acid groups (broad SMARTS) is 1. The van der Waals surface area contributed by atoms with Crippen LogP contribution >= 0.6 is 11.3 Å². The molecule has 0 radical (unpaired) electrons. The van der Waals surface area contributed by atoms with Crippen LogP contribution in [0.1, 0.15) is 20.8 Å². The van der Waals surface area contributed by atoms with Gasteiger partial charge < -0.3 is 5.11 Å². The Bertz CT molecular complexity index is 336. The molecule has 0 unspecified atom stereocenters. The number of hydrogen-bond donors (Lipinski definition) is 1. The number of hydrogen-bond acceptors (Lipinski definition) is 2. The number of aromatic carboxylic acids is 1. The maximum Gasteiger partial charge on any atom is 0.337 e. The van der Waals surface area contributed by atoms with Crippen molar-refractivity contribution in [3.63, 3.8) is 0 Å². The van der Waals surface area contributed by atoms with E-state index in [0.717, 1.165) is 12.0 Å². The number of thiophene rings is 1. The average molecular weight is 166 g/mol. The van der Waals surface area contributed by atoms with Gasteiger partial charge in [-0.3, -0.25) is 0 Å². The summed E-state index contributed by atoms with van der Waals surface area (Å²) in [6.07, 6.45) is 4.77. The van der Waals surface area contributed by atoms with E-state index in [-0.39, 0.29) is 0 Å². The summed E-state index contributed by atoms with van der Waals surface area (Å²) in [6, 6.07) is 0. The van der Waals surface area contributed by atoms with Crippen molar-refractivity contribution in [2.24, 2.45) is 0 Å². The first kappa shape index (κ1) is 6.61. The lowest BCUT2D eigenvalue weighted by atomic mass is 10.2. The summed E-state index contributed by atoms with van der Waals surface area (Å²) in [5.41, 5.74) is 1.35. The Morgan fingerprint density at radius 2 is 2.45 bits per heavy atom. The highest BCUT2D eigenvalue weighted by atomic mass is 32.1. The van der Waals surface area contributed by atoms with E-state index in [1.807, 2.05) is 12.2 Å². The first-order valence-corrected chi connectivity index (χ1v) is 4.17. The second-order valence-electron chi connectivity index (χ2n) is 2.40. The van der Waals surface area contributed by atoms with Crippen molar-refractivity contribution < 1.29 is 9.90 Å². The van der Waals surface area contributed by atoms with Gasteiger partial charge in [-0.1, -0.05) is 12.2 Å². The van der Waals surface area contributed by atoms with Gasteiger partial charge in [0.05, 0.1) is 5.56 Å². The number of carboxylic acids is 1. The lowest BCUT2D eigenvalue weighted by molar-refractivity contribution is 0.0697. The molecule has 1 aliphatic rings. The summed E-state index contributed by atoms with van der Waals surface area (Å²) in [5.74, 6) is -0.825. The fraction of sp³-hybridized carbons (Fsp3) is 0.125. The van der Waals surface area contributed by atoms with E-state index in [9.17, 15) is 4.79 Å².